The molecule has 2 heterocycles. The first-order chi connectivity index (χ1) is 12.1. The Kier molecular flexibility index (Phi) is 3.56. The number of carbonyl (C=O) groups is 1. The minimum absolute atomic E-state index is 0.0248. The number of aliphatic imine (C=N–C) groups is 1. The number of hydrogen-bond acceptors (Lipinski definition) is 6. The summed E-state index contributed by atoms with van der Waals surface area (Å²) >= 11 is 0. The average Bonchev–Trinajstić information content (AvgIpc) is 3.21. The lowest BCUT2D eigenvalue weighted by Gasteiger charge is -2.19. The second-order valence-electron chi connectivity index (χ2n) is 5.57. The number of para-hydroxylation sites is 1. The summed E-state index contributed by atoms with van der Waals surface area (Å²) in [6.45, 7) is 0.660. The molecular weight excluding hydrogens is 326 g/mol. The first-order valence-electron chi connectivity index (χ1n) is 7.61. The number of benzene rings is 2. The highest BCUT2D eigenvalue weighted by molar-refractivity contribution is 6.04. The second kappa shape index (κ2) is 5.76. The van der Waals surface area contributed by atoms with Crippen molar-refractivity contribution in [1.29, 1.82) is 0 Å². The molecule has 1 spiro atoms. The number of carbonyl (C=O) groups excluding carboxylic acids is 1. The molecule has 2 aromatic rings. The second-order valence-corrected chi connectivity index (χ2v) is 5.57. The van der Waals surface area contributed by atoms with Crippen LogP contribution in [0.2, 0.25) is 0 Å². The van der Waals surface area contributed by atoms with Gasteiger partial charge in [0.05, 0.1) is 35.1 Å². The third-order valence-corrected chi connectivity index (χ3v) is 4.09. The van der Waals surface area contributed by atoms with Gasteiger partial charge in [-0.3, -0.25) is 19.9 Å². The van der Waals surface area contributed by atoms with E-state index in [1.807, 2.05) is 0 Å². The van der Waals surface area contributed by atoms with Crippen LogP contribution in [0.4, 0.5) is 17.1 Å². The van der Waals surface area contributed by atoms with Crippen LogP contribution in [0.1, 0.15) is 11.1 Å². The molecule has 8 heteroatoms. The first-order valence-corrected chi connectivity index (χ1v) is 7.61. The summed E-state index contributed by atoms with van der Waals surface area (Å²) in [5.74, 6) is -1.78. The first kappa shape index (κ1) is 15.4. The number of nitrogens with zero attached hydrogens (tertiary/aromatic N) is 2. The fourth-order valence-corrected chi connectivity index (χ4v) is 2.93. The largest absolute Gasteiger partial charge is 0.336 e. The molecule has 2 aliphatic heterocycles. The van der Waals surface area contributed by atoms with Crippen LogP contribution in [0.25, 0.3) is 0 Å². The van der Waals surface area contributed by atoms with Crippen molar-refractivity contribution in [2.75, 3.05) is 18.5 Å². The number of nitro benzene ring substituents is 1. The fourth-order valence-electron chi connectivity index (χ4n) is 2.93. The van der Waals surface area contributed by atoms with E-state index in [0.717, 1.165) is 0 Å². The van der Waals surface area contributed by atoms with Crippen LogP contribution >= 0.6 is 0 Å². The number of hydrogen-bond donors (Lipinski definition) is 1. The molecule has 0 aromatic heterocycles. The van der Waals surface area contributed by atoms with Crippen LogP contribution in [0.3, 0.4) is 0 Å². The van der Waals surface area contributed by atoms with Gasteiger partial charge in [0, 0.05) is 17.8 Å². The van der Waals surface area contributed by atoms with E-state index in [9.17, 15) is 14.9 Å². The summed E-state index contributed by atoms with van der Waals surface area (Å²) in [6.07, 6.45) is 1.42. The van der Waals surface area contributed by atoms with Gasteiger partial charge in [0.2, 0.25) is 0 Å². The topological polar surface area (TPSA) is 103 Å². The molecule has 0 unspecified atom stereocenters. The number of nitrogens with one attached hydrogen (secondary N) is 1. The maximum atomic E-state index is 12.2. The van der Waals surface area contributed by atoms with Crippen LogP contribution in [0.5, 0.6) is 0 Å². The van der Waals surface area contributed by atoms with E-state index in [-0.39, 0.29) is 11.6 Å². The molecule has 8 nitrogen and oxygen atoms in total. The lowest BCUT2D eigenvalue weighted by Crippen LogP contribution is -2.35. The SMILES string of the molecule is O=C1Nc2ccc(N=Cc3ccccc3[N+](=O)[O-])cc2C12OCCO2. The van der Waals surface area contributed by atoms with Crippen molar-refractivity contribution in [3.63, 3.8) is 0 Å². The Labute approximate surface area is 142 Å². The highest BCUT2D eigenvalue weighted by atomic mass is 16.7. The van der Waals surface area contributed by atoms with Crippen LogP contribution < -0.4 is 5.32 Å². The van der Waals surface area contributed by atoms with Gasteiger partial charge in [0.15, 0.2) is 0 Å². The van der Waals surface area contributed by atoms with Crippen molar-refractivity contribution >= 4 is 29.2 Å². The van der Waals surface area contributed by atoms with Gasteiger partial charge in [-0.2, -0.15) is 0 Å². The Morgan fingerprint density at radius 2 is 1.96 bits per heavy atom. The molecule has 1 fully saturated rings. The molecule has 2 aliphatic rings. The Hall–Kier alpha value is -3.10. The average molecular weight is 339 g/mol. The lowest BCUT2D eigenvalue weighted by atomic mass is 10.1. The maximum Gasteiger partial charge on any atom is 0.289 e. The van der Waals surface area contributed by atoms with Gasteiger partial charge in [-0.05, 0) is 24.3 Å². The van der Waals surface area contributed by atoms with E-state index in [1.165, 1.54) is 12.3 Å². The number of anilines is 1. The quantitative estimate of drug-likeness (QED) is 0.526. The van der Waals surface area contributed by atoms with Crippen molar-refractivity contribution in [3.8, 4) is 0 Å². The maximum absolute atomic E-state index is 12.2. The third-order valence-electron chi connectivity index (χ3n) is 4.09. The van der Waals surface area contributed by atoms with Crippen molar-refractivity contribution in [2.45, 2.75) is 5.79 Å². The molecule has 2 aromatic carbocycles. The molecule has 0 aliphatic carbocycles. The van der Waals surface area contributed by atoms with E-state index < -0.39 is 10.7 Å². The molecular formula is C17H13N3O5. The molecule has 0 saturated carbocycles. The Balaban J connectivity index is 1.69. The predicted octanol–water partition coefficient (Wildman–Crippen LogP) is 2.50. The van der Waals surface area contributed by atoms with Crippen molar-refractivity contribution in [2.24, 2.45) is 4.99 Å². The monoisotopic (exact) mass is 339 g/mol. The van der Waals surface area contributed by atoms with Gasteiger partial charge in [-0.25, -0.2) is 0 Å². The van der Waals surface area contributed by atoms with Gasteiger partial charge >= 0.3 is 0 Å². The zero-order valence-electron chi connectivity index (χ0n) is 13.0. The summed E-state index contributed by atoms with van der Waals surface area (Å²) in [6, 6.07) is 11.4. The summed E-state index contributed by atoms with van der Waals surface area (Å²) in [5, 5.41) is 13.8. The predicted molar refractivity (Wildman–Crippen MR) is 89.0 cm³/mol. The summed E-state index contributed by atoms with van der Waals surface area (Å²) in [7, 11) is 0. The zero-order chi connectivity index (χ0) is 17.4. The number of fused-ring (bicyclic) bond motifs is 2. The lowest BCUT2D eigenvalue weighted by molar-refractivity contribution is -0.385. The smallest absolute Gasteiger partial charge is 0.289 e. The molecule has 1 N–H and O–H groups in total. The molecule has 0 radical (unpaired) electrons. The van der Waals surface area contributed by atoms with Gasteiger partial charge in [-0.15, -0.1) is 0 Å². The highest BCUT2D eigenvalue weighted by Crippen LogP contribution is 2.43. The van der Waals surface area contributed by atoms with Crippen LogP contribution in [-0.4, -0.2) is 30.3 Å². The molecule has 0 atom stereocenters. The number of amides is 1. The number of nitro groups is 1. The van der Waals surface area contributed by atoms with Gasteiger partial charge in [0.1, 0.15) is 0 Å². The normalized spacial score (nSPS) is 17.8. The molecule has 1 saturated heterocycles. The van der Waals surface area contributed by atoms with Crippen molar-refractivity contribution in [3.05, 3.63) is 63.7 Å². The van der Waals surface area contributed by atoms with E-state index in [2.05, 4.69) is 10.3 Å². The van der Waals surface area contributed by atoms with Crippen molar-refractivity contribution < 1.29 is 19.2 Å². The van der Waals surface area contributed by atoms with Crippen molar-refractivity contribution in [1.82, 2.24) is 0 Å². The molecule has 25 heavy (non-hydrogen) atoms. The summed E-state index contributed by atoms with van der Waals surface area (Å²) < 4.78 is 11.1. The van der Waals surface area contributed by atoms with Gasteiger partial charge in [0.25, 0.3) is 17.4 Å². The Bertz CT molecular complexity index is 903. The zero-order valence-corrected chi connectivity index (χ0v) is 13.0. The highest BCUT2D eigenvalue weighted by Gasteiger charge is 2.52. The Morgan fingerprint density at radius 3 is 2.72 bits per heavy atom. The minimum Gasteiger partial charge on any atom is -0.336 e. The Morgan fingerprint density at radius 1 is 1.20 bits per heavy atom. The van der Waals surface area contributed by atoms with Crippen LogP contribution in [0.15, 0.2) is 47.5 Å². The number of rotatable bonds is 3. The van der Waals surface area contributed by atoms with E-state index in [4.69, 9.17) is 9.47 Å². The fraction of sp³-hybridized carbons (Fsp3) is 0.176. The number of ether oxygens (including phenoxy) is 2. The minimum atomic E-state index is -1.42. The van der Waals surface area contributed by atoms with E-state index >= 15 is 0 Å². The third kappa shape index (κ3) is 2.48. The van der Waals surface area contributed by atoms with E-state index in [0.29, 0.717) is 35.7 Å². The molecule has 4 rings (SSSR count). The van der Waals surface area contributed by atoms with E-state index in [1.54, 1.807) is 36.4 Å². The summed E-state index contributed by atoms with van der Waals surface area (Å²) in [4.78, 5) is 27.1. The van der Waals surface area contributed by atoms with Gasteiger partial charge in [-0.1, -0.05) is 12.1 Å². The van der Waals surface area contributed by atoms with Crippen LogP contribution in [0, 0.1) is 10.1 Å². The molecule has 0 bridgehead atoms. The van der Waals surface area contributed by atoms with Crippen LogP contribution in [-0.2, 0) is 20.1 Å². The molecule has 1 amide bonds. The standard InChI is InChI=1S/C17H13N3O5/c21-16-17(24-7-8-25-17)13-9-12(5-6-14(13)19-16)18-10-11-3-1-2-4-15(11)20(22)23/h1-6,9-10H,7-8H2,(H,19,21). The summed E-state index contributed by atoms with van der Waals surface area (Å²) in [5.41, 5.74) is 2.07. The van der Waals surface area contributed by atoms with Gasteiger partial charge < -0.3 is 14.8 Å². The molecule has 126 valence electrons.